The van der Waals surface area contributed by atoms with Crippen LogP contribution in [0.3, 0.4) is 0 Å². The fourth-order valence-corrected chi connectivity index (χ4v) is 2.76. The van der Waals surface area contributed by atoms with Gasteiger partial charge in [-0.15, -0.1) is 0 Å². The first kappa shape index (κ1) is 14.3. The van der Waals surface area contributed by atoms with E-state index >= 15 is 0 Å². The van der Waals surface area contributed by atoms with Gasteiger partial charge >= 0.3 is 0 Å². The molecule has 21 heavy (non-hydrogen) atoms. The van der Waals surface area contributed by atoms with Gasteiger partial charge in [0, 0.05) is 12.5 Å². The molecular weight excluding hydrogens is 340 g/mol. The third-order valence-corrected chi connectivity index (χ3v) is 4.10. The zero-order valence-corrected chi connectivity index (χ0v) is 13.0. The molecule has 0 aliphatic carbocycles. The van der Waals surface area contributed by atoms with Crippen LogP contribution in [0.5, 0.6) is 5.75 Å². The SMILES string of the molecule is Cc1ccc2c(c1)CC(CNc1cc(F)c(Br)cc1F)O2. The number of anilines is 1. The molecule has 3 rings (SSSR count). The predicted octanol–water partition coefficient (Wildman–Crippen LogP) is 4.45. The van der Waals surface area contributed by atoms with Crippen LogP contribution in [0, 0.1) is 18.6 Å². The number of halogens is 3. The molecule has 2 aromatic rings. The smallest absolute Gasteiger partial charge is 0.147 e. The minimum absolute atomic E-state index is 0.0760. The third-order valence-electron chi connectivity index (χ3n) is 3.49. The minimum atomic E-state index is -0.495. The van der Waals surface area contributed by atoms with E-state index in [0.717, 1.165) is 29.9 Å². The maximum atomic E-state index is 13.7. The molecule has 0 spiro atoms. The molecule has 1 aliphatic rings. The lowest BCUT2D eigenvalue weighted by molar-refractivity contribution is 0.246. The number of nitrogens with one attached hydrogen (secondary N) is 1. The van der Waals surface area contributed by atoms with Crippen molar-refractivity contribution < 1.29 is 13.5 Å². The van der Waals surface area contributed by atoms with Gasteiger partial charge in [-0.25, -0.2) is 8.78 Å². The highest BCUT2D eigenvalue weighted by Gasteiger charge is 2.23. The zero-order chi connectivity index (χ0) is 15.0. The average Bonchev–Trinajstić information content (AvgIpc) is 2.83. The van der Waals surface area contributed by atoms with Crippen molar-refractivity contribution in [3.05, 3.63) is 57.6 Å². The van der Waals surface area contributed by atoms with Crippen molar-refractivity contribution in [3.8, 4) is 5.75 Å². The Balaban J connectivity index is 1.66. The second-order valence-electron chi connectivity index (χ2n) is 5.18. The molecule has 0 fully saturated rings. The molecule has 0 saturated heterocycles. The Kier molecular flexibility index (Phi) is 3.85. The standard InChI is InChI=1S/C16H14BrF2NO/c1-9-2-3-16-10(4-9)5-11(21-16)8-20-15-7-13(18)12(17)6-14(15)19/h2-4,6-7,11,20H,5,8H2,1H3. The van der Waals surface area contributed by atoms with Crippen molar-refractivity contribution in [2.45, 2.75) is 19.4 Å². The number of aryl methyl sites for hydroxylation is 1. The van der Waals surface area contributed by atoms with Crippen molar-refractivity contribution in [2.75, 3.05) is 11.9 Å². The summed E-state index contributed by atoms with van der Waals surface area (Å²) >= 11 is 2.96. The molecule has 1 N–H and O–H groups in total. The van der Waals surface area contributed by atoms with Crippen LogP contribution in [0.1, 0.15) is 11.1 Å². The summed E-state index contributed by atoms with van der Waals surface area (Å²) in [5.41, 5.74) is 2.49. The lowest BCUT2D eigenvalue weighted by Gasteiger charge is -2.13. The molecule has 0 saturated carbocycles. The van der Waals surface area contributed by atoms with Crippen molar-refractivity contribution in [1.82, 2.24) is 0 Å². The van der Waals surface area contributed by atoms with Gasteiger partial charge in [0.1, 0.15) is 23.5 Å². The third kappa shape index (κ3) is 3.02. The molecule has 1 heterocycles. The van der Waals surface area contributed by atoms with E-state index in [9.17, 15) is 8.78 Å². The van der Waals surface area contributed by atoms with E-state index in [0.29, 0.717) is 6.54 Å². The number of hydrogen-bond donors (Lipinski definition) is 1. The van der Waals surface area contributed by atoms with Crippen molar-refractivity contribution in [3.63, 3.8) is 0 Å². The zero-order valence-electron chi connectivity index (χ0n) is 11.4. The largest absolute Gasteiger partial charge is 0.488 e. The summed E-state index contributed by atoms with van der Waals surface area (Å²) in [6.45, 7) is 2.46. The Morgan fingerprint density at radius 3 is 2.86 bits per heavy atom. The summed E-state index contributed by atoms with van der Waals surface area (Å²) in [5.74, 6) is -0.116. The van der Waals surface area contributed by atoms with Gasteiger partial charge in [-0.1, -0.05) is 17.7 Å². The van der Waals surface area contributed by atoms with Crippen LogP contribution in [0.2, 0.25) is 0 Å². The van der Waals surface area contributed by atoms with E-state index in [1.165, 1.54) is 5.56 Å². The van der Waals surface area contributed by atoms with Crippen LogP contribution in [0.4, 0.5) is 14.5 Å². The molecule has 0 aromatic heterocycles. The van der Waals surface area contributed by atoms with Crippen LogP contribution in [-0.4, -0.2) is 12.6 Å². The van der Waals surface area contributed by atoms with Crippen LogP contribution in [-0.2, 0) is 6.42 Å². The summed E-state index contributed by atoms with van der Waals surface area (Å²) in [7, 11) is 0. The van der Waals surface area contributed by atoms with Crippen LogP contribution in [0.15, 0.2) is 34.8 Å². The average molecular weight is 354 g/mol. The van der Waals surface area contributed by atoms with E-state index in [4.69, 9.17) is 4.74 Å². The van der Waals surface area contributed by atoms with E-state index in [2.05, 4.69) is 27.3 Å². The Morgan fingerprint density at radius 2 is 2.05 bits per heavy atom. The summed E-state index contributed by atoms with van der Waals surface area (Å²) in [6, 6.07) is 8.30. The molecule has 0 bridgehead atoms. The summed E-state index contributed by atoms with van der Waals surface area (Å²) in [5, 5.41) is 2.91. The Hall–Kier alpha value is -1.62. The number of benzene rings is 2. The van der Waals surface area contributed by atoms with Gasteiger partial charge in [-0.05, 0) is 40.5 Å². The van der Waals surface area contributed by atoms with E-state index in [-0.39, 0.29) is 16.3 Å². The van der Waals surface area contributed by atoms with E-state index < -0.39 is 11.6 Å². The topological polar surface area (TPSA) is 21.3 Å². The number of hydrogen-bond acceptors (Lipinski definition) is 2. The lowest BCUT2D eigenvalue weighted by atomic mass is 10.1. The van der Waals surface area contributed by atoms with Crippen LogP contribution in [0.25, 0.3) is 0 Å². The van der Waals surface area contributed by atoms with Gasteiger partial charge in [0.25, 0.3) is 0 Å². The first-order valence-corrected chi connectivity index (χ1v) is 7.47. The van der Waals surface area contributed by atoms with Gasteiger partial charge in [0.15, 0.2) is 0 Å². The highest BCUT2D eigenvalue weighted by molar-refractivity contribution is 9.10. The predicted molar refractivity (Wildman–Crippen MR) is 81.8 cm³/mol. The Labute approximate surface area is 130 Å². The van der Waals surface area contributed by atoms with Crippen LogP contribution < -0.4 is 10.1 Å². The minimum Gasteiger partial charge on any atom is -0.488 e. The molecule has 1 unspecified atom stereocenters. The van der Waals surface area contributed by atoms with Gasteiger partial charge in [0.2, 0.25) is 0 Å². The molecule has 1 atom stereocenters. The summed E-state index contributed by atoms with van der Waals surface area (Å²) in [4.78, 5) is 0. The van der Waals surface area contributed by atoms with Crippen molar-refractivity contribution in [1.29, 1.82) is 0 Å². The van der Waals surface area contributed by atoms with Gasteiger partial charge in [-0.2, -0.15) is 0 Å². The maximum Gasteiger partial charge on any atom is 0.147 e. The maximum absolute atomic E-state index is 13.7. The van der Waals surface area contributed by atoms with Crippen molar-refractivity contribution in [2.24, 2.45) is 0 Å². The Morgan fingerprint density at radius 1 is 1.24 bits per heavy atom. The molecular formula is C16H14BrF2NO. The molecule has 1 aliphatic heterocycles. The Bertz CT molecular complexity index is 690. The summed E-state index contributed by atoms with van der Waals surface area (Å²) in [6.07, 6.45) is 0.692. The monoisotopic (exact) mass is 353 g/mol. The second kappa shape index (κ2) is 5.64. The molecule has 2 nitrogen and oxygen atoms in total. The molecule has 110 valence electrons. The summed E-state index contributed by atoms with van der Waals surface area (Å²) < 4.78 is 33.1. The van der Waals surface area contributed by atoms with E-state index in [1.54, 1.807) is 0 Å². The van der Waals surface area contributed by atoms with Crippen LogP contribution >= 0.6 is 15.9 Å². The normalized spacial score (nSPS) is 16.5. The van der Waals surface area contributed by atoms with Gasteiger partial charge in [0.05, 0.1) is 16.7 Å². The number of ether oxygens (including phenoxy) is 1. The molecule has 2 aromatic carbocycles. The number of fused-ring (bicyclic) bond motifs is 1. The first-order chi connectivity index (χ1) is 10.0. The van der Waals surface area contributed by atoms with E-state index in [1.807, 2.05) is 19.1 Å². The van der Waals surface area contributed by atoms with Crippen molar-refractivity contribution >= 4 is 21.6 Å². The molecule has 0 radical (unpaired) electrons. The number of rotatable bonds is 3. The quantitative estimate of drug-likeness (QED) is 0.823. The van der Waals surface area contributed by atoms with Gasteiger partial charge < -0.3 is 10.1 Å². The first-order valence-electron chi connectivity index (χ1n) is 6.67. The fraction of sp³-hybridized carbons (Fsp3) is 0.250. The highest BCUT2D eigenvalue weighted by Crippen LogP contribution is 2.30. The molecule has 0 amide bonds. The lowest BCUT2D eigenvalue weighted by Crippen LogP contribution is -2.24. The van der Waals surface area contributed by atoms with Gasteiger partial charge in [-0.3, -0.25) is 0 Å². The fourth-order valence-electron chi connectivity index (χ4n) is 2.44. The second-order valence-corrected chi connectivity index (χ2v) is 6.04. The highest BCUT2D eigenvalue weighted by atomic mass is 79.9. The molecule has 5 heteroatoms.